The Hall–Kier alpha value is -2.69. The van der Waals surface area contributed by atoms with Crippen LogP contribution in [0.3, 0.4) is 0 Å². The quantitative estimate of drug-likeness (QED) is 0.420. The summed E-state index contributed by atoms with van der Waals surface area (Å²) in [5.41, 5.74) is -0.272. The van der Waals surface area contributed by atoms with Crippen LogP contribution in [0.5, 0.6) is 5.75 Å². The van der Waals surface area contributed by atoms with E-state index in [1.165, 1.54) is 18.3 Å². The molecule has 182 valence electrons. The maximum Gasteiger partial charge on any atom is 0.285 e. The number of nitrogens with zero attached hydrogens (tertiary/aromatic N) is 1. The Morgan fingerprint density at radius 1 is 1.09 bits per heavy atom. The lowest BCUT2D eigenvalue weighted by Crippen LogP contribution is -2.51. The maximum atomic E-state index is 12.6. The highest BCUT2D eigenvalue weighted by Gasteiger charge is 2.40. The fourth-order valence-electron chi connectivity index (χ4n) is 3.09. The summed E-state index contributed by atoms with van der Waals surface area (Å²) in [6.07, 6.45) is 2.89. The molecule has 1 atom stereocenters. The first-order valence-electron chi connectivity index (χ1n) is 10.7. The fraction of sp³-hybridized carbons (Fsp3) is 0.478. The molecule has 10 heteroatoms. The normalized spacial score (nSPS) is 13.9. The number of amides is 1. The number of benzene rings is 1. The zero-order chi connectivity index (χ0) is 24.9. The van der Waals surface area contributed by atoms with Gasteiger partial charge in [-0.25, -0.2) is 13.1 Å². The Labute approximate surface area is 194 Å². The largest absolute Gasteiger partial charge is 0.494 e. The highest BCUT2D eigenvalue weighted by Crippen LogP contribution is 2.24. The van der Waals surface area contributed by atoms with Gasteiger partial charge in [0.2, 0.25) is 5.91 Å². The van der Waals surface area contributed by atoms with Crippen molar-refractivity contribution in [2.45, 2.75) is 64.0 Å². The van der Waals surface area contributed by atoms with Crippen LogP contribution in [0.15, 0.2) is 47.4 Å². The summed E-state index contributed by atoms with van der Waals surface area (Å²) in [4.78, 5) is 24.3. The molecule has 0 saturated heterocycles. The molecule has 0 fully saturated rings. The third kappa shape index (κ3) is 7.15. The molecular weight excluding hydrogens is 448 g/mol. The second-order valence-electron chi connectivity index (χ2n) is 8.63. The SMILES string of the molecule is CCCC(=O)NS(=O)(=O)C(C)(O)n1ccc(-c2ccc(OCCCC(C)(C)O)cc2)cc1=O. The predicted octanol–water partition coefficient (Wildman–Crippen LogP) is 2.31. The van der Waals surface area contributed by atoms with Crippen LogP contribution in [0.4, 0.5) is 0 Å². The smallest absolute Gasteiger partial charge is 0.285 e. The van der Waals surface area contributed by atoms with E-state index in [1.54, 1.807) is 49.8 Å². The lowest BCUT2D eigenvalue weighted by Gasteiger charge is -2.26. The summed E-state index contributed by atoms with van der Waals surface area (Å²) in [5, 5.41) is 17.7. The molecule has 9 nitrogen and oxygen atoms in total. The van der Waals surface area contributed by atoms with Crippen molar-refractivity contribution in [3.05, 3.63) is 52.9 Å². The number of ether oxygens (including phenoxy) is 1. The number of pyridine rings is 1. The van der Waals surface area contributed by atoms with Gasteiger partial charge in [-0.1, -0.05) is 19.1 Å². The van der Waals surface area contributed by atoms with Crippen molar-refractivity contribution in [2.75, 3.05) is 6.61 Å². The molecule has 1 aromatic carbocycles. The summed E-state index contributed by atoms with van der Waals surface area (Å²) in [5.74, 6) is -0.121. The molecule has 1 heterocycles. The Balaban J connectivity index is 2.15. The Morgan fingerprint density at radius 3 is 2.27 bits per heavy atom. The Kier molecular flexibility index (Phi) is 8.45. The van der Waals surface area contributed by atoms with Crippen LogP contribution in [0, 0.1) is 0 Å². The Morgan fingerprint density at radius 2 is 1.73 bits per heavy atom. The standard InChI is InChI=1S/C23H32N2O7S/c1-5-7-20(26)24-33(30,31)23(4,29)25-14-12-18(16-21(25)27)17-8-10-19(11-9-17)32-15-6-13-22(2,3)28/h8-12,14,16,28-29H,5-7,13,15H2,1-4H3,(H,24,26). The zero-order valence-electron chi connectivity index (χ0n) is 19.4. The number of hydrogen-bond donors (Lipinski definition) is 3. The van der Waals surface area contributed by atoms with Crippen LogP contribution in [-0.4, -0.2) is 41.3 Å². The average Bonchev–Trinajstić information content (AvgIpc) is 2.70. The molecule has 0 aliphatic heterocycles. The number of carbonyl (C=O) groups is 1. The first-order chi connectivity index (χ1) is 15.3. The molecule has 2 rings (SSSR count). The van der Waals surface area contributed by atoms with Gasteiger partial charge in [-0.05, 0) is 62.4 Å². The van der Waals surface area contributed by atoms with Crippen molar-refractivity contribution < 1.29 is 28.2 Å². The van der Waals surface area contributed by atoms with Gasteiger partial charge in [0.25, 0.3) is 20.6 Å². The number of aliphatic hydroxyl groups is 2. The van der Waals surface area contributed by atoms with E-state index in [0.29, 0.717) is 47.3 Å². The van der Waals surface area contributed by atoms with Crippen LogP contribution in [0.1, 0.15) is 53.4 Å². The molecule has 3 N–H and O–H groups in total. The first kappa shape index (κ1) is 26.6. The van der Waals surface area contributed by atoms with Crippen LogP contribution < -0.4 is 15.0 Å². The molecule has 1 unspecified atom stereocenters. The molecule has 0 aliphatic carbocycles. The molecule has 33 heavy (non-hydrogen) atoms. The summed E-state index contributed by atoms with van der Waals surface area (Å²) in [7, 11) is -4.57. The predicted molar refractivity (Wildman–Crippen MR) is 125 cm³/mol. The second-order valence-corrected chi connectivity index (χ2v) is 10.6. The number of hydrogen-bond acceptors (Lipinski definition) is 7. The third-order valence-corrected chi connectivity index (χ3v) is 6.70. The molecule has 0 radical (unpaired) electrons. The lowest BCUT2D eigenvalue weighted by molar-refractivity contribution is -0.119. The van der Waals surface area contributed by atoms with Gasteiger partial charge >= 0.3 is 0 Å². The second kappa shape index (κ2) is 10.5. The zero-order valence-corrected chi connectivity index (χ0v) is 20.2. The lowest BCUT2D eigenvalue weighted by atomic mass is 10.0. The topological polar surface area (TPSA) is 135 Å². The number of sulfonamides is 1. The molecule has 2 aromatic rings. The number of rotatable bonds is 11. The van der Waals surface area contributed by atoms with E-state index in [1.807, 2.05) is 0 Å². The summed E-state index contributed by atoms with van der Waals surface area (Å²) in [6.45, 7) is 6.58. The fourth-order valence-corrected chi connectivity index (χ4v) is 4.10. The summed E-state index contributed by atoms with van der Waals surface area (Å²) >= 11 is 0. The molecule has 0 aliphatic rings. The van der Waals surface area contributed by atoms with Crippen molar-refractivity contribution in [2.24, 2.45) is 0 Å². The van der Waals surface area contributed by atoms with Gasteiger partial charge < -0.3 is 14.9 Å². The minimum Gasteiger partial charge on any atom is -0.494 e. The van der Waals surface area contributed by atoms with Gasteiger partial charge in [-0.3, -0.25) is 14.2 Å². The van der Waals surface area contributed by atoms with Crippen LogP contribution in [0.2, 0.25) is 0 Å². The summed E-state index contributed by atoms with van der Waals surface area (Å²) < 4.78 is 33.1. The van der Waals surface area contributed by atoms with Crippen molar-refractivity contribution in [3.8, 4) is 16.9 Å². The molecule has 1 amide bonds. The molecule has 0 bridgehead atoms. The molecule has 1 aromatic heterocycles. The van der Waals surface area contributed by atoms with E-state index in [4.69, 9.17) is 4.74 Å². The van der Waals surface area contributed by atoms with Gasteiger partial charge in [0.05, 0.1) is 12.2 Å². The maximum absolute atomic E-state index is 12.6. The minimum atomic E-state index is -4.57. The van der Waals surface area contributed by atoms with Crippen LogP contribution in [-0.2, 0) is 19.9 Å². The average molecular weight is 481 g/mol. The van der Waals surface area contributed by atoms with E-state index in [9.17, 15) is 28.2 Å². The number of carbonyl (C=O) groups excluding carboxylic acids is 1. The van der Waals surface area contributed by atoms with Gasteiger partial charge in [-0.2, -0.15) is 0 Å². The van der Waals surface area contributed by atoms with Crippen LogP contribution in [0.25, 0.3) is 11.1 Å². The number of aromatic nitrogens is 1. The molecule has 0 spiro atoms. The number of nitrogens with one attached hydrogen (secondary N) is 1. The Bertz CT molecular complexity index is 1110. The van der Waals surface area contributed by atoms with Crippen LogP contribution >= 0.6 is 0 Å². The summed E-state index contributed by atoms with van der Waals surface area (Å²) in [6, 6.07) is 9.70. The van der Waals surface area contributed by atoms with Crippen molar-refractivity contribution in [1.29, 1.82) is 0 Å². The van der Waals surface area contributed by atoms with Gasteiger partial charge in [-0.15, -0.1) is 0 Å². The highest BCUT2D eigenvalue weighted by atomic mass is 32.2. The first-order valence-corrected chi connectivity index (χ1v) is 12.2. The van der Waals surface area contributed by atoms with E-state index in [2.05, 4.69) is 0 Å². The van der Waals surface area contributed by atoms with E-state index in [-0.39, 0.29) is 6.42 Å². The molecular formula is C23H32N2O7S. The van der Waals surface area contributed by atoms with Gasteiger partial charge in [0.15, 0.2) is 0 Å². The van der Waals surface area contributed by atoms with E-state index < -0.39 is 32.1 Å². The van der Waals surface area contributed by atoms with E-state index >= 15 is 0 Å². The van der Waals surface area contributed by atoms with Crippen molar-refractivity contribution in [3.63, 3.8) is 0 Å². The minimum absolute atomic E-state index is 0.0255. The van der Waals surface area contributed by atoms with Crippen molar-refractivity contribution >= 4 is 15.9 Å². The highest BCUT2D eigenvalue weighted by molar-refractivity contribution is 7.90. The van der Waals surface area contributed by atoms with E-state index in [0.717, 1.165) is 6.92 Å². The van der Waals surface area contributed by atoms with Crippen molar-refractivity contribution in [1.82, 2.24) is 9.29 Å². The third-order valence-electron chi connectivity index (χ3n) is 4.99. The van der Waals surface area contributed by atoms with Gasteiger partial charge in [0, 0.05) is 25.6 Å². The van der Waals surface area contributed by atoms with Gasteiger partial charge in [0.1, 0.15) is 5.75 Å². The molecule has 0 saturated carbocycles. The monoisotopic (exact) mass is 480 g/mol.